The Morgan fingerprint density at radius 3 is 2.50 bits per heavy atom. The van der Waals surface area contributed by atoms with Crippen molar-refractivity contribution in [3.05, 3.63) is 52.8 Å². The summed E-state index contributed by atoms with van der Waals surface area (Å²) in [5.74, 6) is 2.26. The van der Waals surface area contributed by atoms with Crippen LogP contribution in [0.1, 0.15) is 43.7 Å². The highest BCUT2D eigenvalue weighted by molar-refractivity contribution is 5.45. The molecule has 0 spiro atoms. The number of hydrogen-bond donors (Lipinski definition) is 0. The van der Waals surface area contributed by atoms with Gasteiger partial charge in [-0.15, -0.1) is 0 Å². The molecule has 20 heavy (non-hydrogen) atoms. The Bertz CT molecular complexity index is 526. The molecular weight excluding hydrogens is 248 g/mol. The zero-order chi connectivity index (χ0) is 14.5. The first-order valence-electron chi connectivity index (χ1n) is 7.34. The Balaban J connectivity index is 2.37. The molecule has 0 saturated carbocycles. The van der Waals surface area contributed by atoms with Crippen molar-refractivity contribution in [3.8, 4) is 5.75 Å². The molecule has 0 radical (unpaired) electrons. The molecule has 1 aliphatic rings. The maximum absolute atomic E-state index is 5.61. The predicted molar refractivity (Wildman–Crippen MR) is 83.2 cm³/mol. The van der Waals surface area contributed by atoms with Crippen LogP contribution < -0.4 is 4.74 Å². The van der Waals surface area contributed by atoms with Crippen LogP contribution in [-0.4, -0.2) is 14.2 Å². The topological polar surface area (TPSA) is 18.5 Å². The van der Waals surface area contributed by atoms with Crippen LogP contribution in [0.15, 0.2) is 41.7 Å². The van der Waals surface area contributed by atoms with E-state index in [0.717, 1.165) is 30.8 Å². The molecule has 2 rings (SSSR count). The number of ether oxygens (including phenoxy) is 2. The van der Waals surface area contributed by atoms with Gasteiger partial charge in [0.05, 0.1) is 14.2 Å². The molecule has 0 fully saturated rings. The van der Waals surface area contributed by atoms with Crippen LogP contribution in [0, 0.1) is 0 Å². The Labute approximate surface area is 122 Å². The normalized spacial score (nSPS) is 18.3. The van der Waals surface area contributed by atoms with E-state index in [2.05, 4.69) is 44.2 Å². The summed E-state index contributed by atoms with van der Waals surface area (Å²) < 4.78 is 11.2. The maximum Gasteiger partial charge on any atom is 0.123 e. The zero-order valence-corrected chi connectivity index (χ0v) is 12.9. The summed E-state index contributed by atoms with van der Waals surface area (Å²) in [7, 11) is 3.49. The molecule has 1 unspecified atom stereocenters. The molecule has 108 valence electrons. The molecule has 2 nitrogen and oxygen atoms in total. The van der Waals surface area contributed by atoms with Crippen LogP contribution in [0.25, 0.3) is 0 Å². The van der Waals surface area contributed by atoms with E-state index in [-0.39, 0.29) is 5.92 Å². The number of methoxy groups -OCH3 is 2. The highest BCUT2D eigenvalue weighted by atomic mass is 16.5. The van der Waals surface area contributed by atoms with Crippen LogP contribution >= 0.6 is 0 Å². The lowest BCUT2D eigenvalue weighted by Crippen LogP contribution is -2.09. The van der Waals surface area contributed by atoms with Gasteiger partial charge >= 0.3 is 0 Å². The van der Waals surface area contributed by atoms with Crippen molar-refractivity contribution >= 4 is 0 Å². The first-order chi connectivity index (χ1) is 9.73. The molecule has 1 atom stereocenters. The molecule has 0 aromatic heterocycles. The van der Waals surface area contributed by atoms with E-state index in [1.807, 2.05) is 0 Å². The van der Waals surface area contributed by atoms with Gasteiger partial charge in [0.1, 0.15) is 11.5 Å². The summed E-state index contributed by atoms with van der Waals surface area (Å²) >= 11 is 0. The van der Waals surface area contributed by atoms with Crippen LogP contribution in [0.5, 0.6) is 5.75 Å². The average molecular weight is 272 g/mol. The molecular formula is C18H24O2. The summed E-state index contributed by atoms with van der Waals surface area (Å²) in [6.45, 7) is 4.33. The molecule has 0 aliphatic heterocycles. The van der Waals surface area contributed by atoms with Crippen molar-refractivity contribution in [2.75, 3.05) is 14.2 Å². The third-order valence-corrected chi connectivity index (χ3v) is 4.01. The van der Waals surface area contributed by atoms with Gasteiger partial charge in [-0.3, -0.25) is 0 Å². The minimum atomic E-state index is 0.260. The van der Waals surface area contributed by atoms with Crippen LogP contribution in [0.2, 0.25) is 0 Å². The van der Waals surface area contributed by atoms with E-state index in [1.54, 1.807) is 14.2 Å². The smallest absolute Gasteiger partial charge is 0.123 e. The quantitative estimate of drug-likeness (QED) is 0.779. The minimum Gasteiger partial charge on any atom is -0.500 e. The fraction of sp³-hybridized carbons (Fsp3) is 0.444. The molecule has 1 aromatic carbocycles. The van der Waals surface area contributed by atoms with Crippen LogP contribution in [0.3, 0.4) is 0 Å². The third kappa shape index (κ3) is 2.90. The third-order valence-electron chi connectivity index (χ3n) is 4.01. The molecule has 1 aliphatic carbocycles. The van der Waals surface area contributed by atoms with Crippen LogP contribution in [-0.2, 0) is 11.2 Å². The largest absolute Gasteiger partial charge is 0.500 e. The van der Waals surface area contributed by atoms with Gasteiger partial charge in [0.25, 0.3) is 0 Å². The summed E-state index contributed by atoms with van der Waals surface area (Å²) in [6, 6.07) is 6.51. The second-order valence-corrected chi connectivity index (χ2v) is 5.10. The second kappa shape index (κ2) is 6.65. The van der Waals surface area contributed by atoms with Gasteiger partial charge in [0.2, 0.25) is 0 Å². The highest BCUT2D eigenvalue weighted by Crippen LogP contribution is 2.39. The van der Waals surface area contributed by atoms with E-state index in [9.17, 15) is 0 Å². The Kier molecular flexibility index (Phi) is 4.89. The molecule has 0 amide bonds. The van der Waals surface area contributed by atoms with Gasteiger partial charge in [-0.1, -0.05) is 32.1 Å². The lowest BCUT2D eigenvalue weighted by Gasteiger charge is -2.25. The molecule has 0 heterocycles. The van der Waals surface area contributed by atoms with E-state index in [0.29, 0.717) is 0 Å². The molecule has 0 bridgehead atoms. The number of rotatable bonds is 5. The van der Waals surface area contributed by atoms with Gasteiger partial charge < -0.3 is 9.47 Å². The van der Waals surface area contributed by atoms with Gasteiger partial charge in [-0.25, -0.2) is 0 Å². The first kappa shape index (κ1) is 14.7. The Morgan fingerprint density at radius 2 is 1.90 bits per heavy atom. The van der Waals surface area contributed by atoms with Crippen molar-refractivity contribution in [3.63, 3.8) is 0 Å². The van der Waals surface area contributed by atoms with Crippen molar-refractivity contribution in [2.24, 2.45) is 0 Å². The fourth-order valence-electron chi connectivity index (χ4n) is 2.72. The lowest BCUT2D eigenvalue weighted by atomic mass is 9.86. The molecule has 2 heteroatoms. The fourth-order valence-corrected chi connectivity index (χ4v) is 2.72. The van der Waals surface area contributed by atoms with Crippen molar-refractivity contribution < 1.29 is 9.47 Å². The van der Waals surface area contributed by atoms with E-state index in [4.69, 9.17) is 9.47 Å². The van der Waals surface area contributed by atoms with Gasteiger partial charge in [-0.05, 0) is 42.5 Å². The summed E-state index contributed by atoms with van der Waals surface area (Å²) in [5, 5.41) is 0. The number of allylic oxidation sites excluding steroid dienone is 4. The van der Waals surface area contributed by atoms with Gasteiger partial charge in [0, 0.05) is 11.5 Å². The SMILES string of the molecule is CCC1=CCC(c2ccc(CC)cc2OC)C(OC)=C1. The summed E-state index contributed by atoms with van der Waals surface area (Å²) in [4.78, 5) is 0. The highest BCUT2D eigenvalue weighted by Gasteiger charge is 2.23. The Hall–Kier alpha value is -1.70. The van der Waals surface area contributed by atoms with E-state index < -0.39 is 0 Å². The zero-order valence-electron chi connectivity index (χ0n) is 12.9. The van der Waals surface area contributed by atoms with E-state index >= 15 is 0 Å². The predicted octanol–water partition coefficient (Wildman–Crippen LogP) is 4.61. The first-order valence-corrected chi connectivity index (χ1v) is 7.34. The minimum absolute atomic E-state index is 0.260. The molecule has 1 aromatic rings. The molecule has 0 saturated heterocycles. The summed E-state index contributed by atoms with van der Waals surface area (Å²) in [5.41, 5.74) is 3.86. The standard InChI is InChI=1S/C18H24O2/c1-5-13-7-9-15(17(11-13)19-3)16-10-8-14(6-2)12-18(16)20-4/h7-9,11-12,16H,5-6,10H2,1-4H3. The average Bonchev–Trinajstić information content (AvgIpc) is 2.53. The Morgan fingerprint density at radius 1 is 1.10 bits per heavy atom. The summed E-state index contributed by atoms with van der Waals surface area (Å²) in [6.07, 6.45) is 7.52. The lowest BCUT2D eigenvalue weighted by molar-refractivity contribution is 0.260. The van der Waals surface area contributed by atoms with Crippen molar-refractivity contribution in [2.45, 2.75) is 39.0 Å². The maximum atomic E-state index is 5.61. The number of hydrogen-bond acceptors (Lipinski definition) is 2. The van der Waals surface area contributed by atoms with Crippen molar-refractivity contribution in [1.82, 2.24) is 0 Å². The molecule has 0 N–H and O–H groups in total. The monoisotopic (exact) mass is 272 g/mol. The number of benzene rings is 1. The number of aryl methyl sites for hydroxylation is 1. The van der Waals surface area contributed by atoms with E-state index in [1.165, 1.54) is 16.7 Å². The van der Waals surface area contributed by atoms with Gasteiger partial charge in [-0.2, -0.15) is 0 Å². The van der Waals surface area contributed by atoms with Crippen LogP contribution in [0.4, 0.5) is 0 Å². The van der Waals surface area contributed by atoms with Gasteiger partial charge in [0.15, 0.2) is 0 Å². The second-order valence-electron chi connectivity index (χ2n) is 5.10. The van der Waals surface area contributed by atoms with Crippen molar-refractivity contribution in [1.29, 1.82) is 0 Å².